The molecule has 0 fully saturated rings. The Morgan fingerprint density at radius 2 is 2.06 bits per heavy atom. The molecule has 17 heavy (non-hydrogen) atoms. The van der Waals surface area contributed by atoms with Crippen molar-refractivity contribution >= 4 is 22.9 Å². The molecule has 88 valence electrons. The van der Waals surface area contributed by atoms with Gasteiger partial charge < -0.3 is 5.32 Å². The predicted octanol–water partition coefficient (Wildman–Crippen LogP) is 4.03. The van der Waals surface area contributed by atoms with Crippen LogP contribution in [-0.4, -0.2) is 6.54 Å². The molecule has 1 aliphatic rings. The molecular weight excluding hydrogens is 250 g/mol. The van der Waals surface area contributed by atoms with Crippen molar-refractivity contribution < 1.29 is 0 Å². The van der Waals surface area contributed by atoms with E-state index in [1.54, 1.807) is 11.3 Å². The Morgan fingerprint density at radius 1 is 1.24 bits per heavy atom. The second-order valence-corrected chi connectivity index (χ2v) is 6.13. The fourth-order valence-corrected chi connectivity index (χ4v) is 3.79. The smallest absolute Gasteiger partial charge is 0.0934 e. The Labute approximate surface area is 110 Å². The van der Waals surface area contributed by atoms with Crippen LogP contribution in [0.3, 0.4) is 0 Å². The first-order chi connectivity index (χ1) is 8.34. The van der Waals surface area contributed by atoms with Gasteiger partial charge in [-0.05, 0) is 30.2 Å². The Kier molecular flexibility index (Phi) is 3.19. The lowest BCUT2D eigenvalue weighted by molar-refractivity contribution is 0.648. The molecule has 0 amide bonds. The summed E-state index contributed by atoms with van der Waals surface area (Å²) in [5, 5.41) is 3.47. The molecule has 1 aromatic heterocycles. The van der Waals surface area contributed by atoms with E-state index in [1.165, 1.54) is 16.0 Å². The summed E-state index contributed by atoms with van der Waals surface area (Å²) >= 11 is 7.85. The van der Waals surface area contributed by atoms with Crippen molar-refractivity contribution in [1.82, 2.24) is 5.32 Å². The van der Waals surface area contributed by atoms with Gasteiger partial charge in [-0.25, -0.2) is 0 Å². The highest BCUT2D eigenvalue weighted by Crippen LogP contribution is 2.38. The maximum Gasteiger partial charge on any atom is 0.0934 e. The van der Waals surface area contributed by atoms with Crippen molar-refractivity contribution in [3.63, 3.8) is 0 Å². The summed E-state index contributed by atoms with van der Waals surface area (Å²) in [6, 6.07) is 12.9. The first-order valence-electron chi connectivity index (χ1n) is 5.88. The third-order valence-corrected chi connectivity index (χ3v) is 4.56. The number of thiophene rings is 1. The molecule has 1 atom stereocenters. The van der Waals surface area contributed by atoms with Crippen LogP contribution in [0.2, 0.25) is 4.34 Å². The summed E-state index contributed by atoms with van der Waals surface area (Å²) in [4.78, 5) is 1.39. The van der Waals surface area contributed by atoms with E-state index >= 15 is 0 Å². The summed E-state index contributed by atoms with van der Waals surface area (Å²) in [6.45, 7) is 2.02. The van der Waals surface area contributed by atoms with Crippen LogP contribution in [0.4, 0.5) is 0 Å². The lowest BCUT2D eigenvalue weighted by atomic mass is 9.89. The fraction of sp³-hybridized carbons (Fsp3) is 0.286. The maximum absolute atomic E-state index is 6.15. The average Bonchev–Trinajstić information content (AvgIpc) is 2.61. The number of hydrogen-bond donors (Lipinski definition) is 1. The molecule has 0 aliphatic carbocycles. The fourth-order valence-electron chi connectivity index (χ4n) is 2.48. The van der Waals surface area contributed by atoms with Gasteiger partial charge in [-0.15, -0.1) is 11.3 Å². The highest BCUT2D eigenvalue weighted by Gasteiger charge is 2.22. The Bertz CT molecular complexity index is 506. The Morgan fingerprint density at radius 3 is 2.88 bits per heavy atom. The zero-order valence-electron chi connectivity index (χ0n) is 9.45. The molecular formula is C14H14ClNS. The van der Waals surface area contributed by atoms with Gasteiger partial charge in [0.2, 0.25) is 0 Å². The van der Waals surface area contributed by atoms with Crippen LogP contribution >= 0.6 is 22.9 Å². The molecule has 1 aromatic carbocycles. The summed E-state index contributed by atoms with van der Waals surface area (Å²) in [7, 11) is 0. The minimum Gasteiger partial charge on any atom is -0.312 e. The average molecular weight is 264 g/mol. The van der Waals surface area contributed by atoms with Crippen LogP contribution in [0.5, 0.6) is 0 Å². The number of benzene rings is 1. The van der Waals surface area contributed by atoms with E-state index < -0.39 is 0 Å². The van der Waals surface area contributed by atoms with E-state index in [0.717, 1.165) is 23.8 Å². The summed E-state index contributed by atoms with van der Waals surface area (Å²) in [5.41, 5.74) is 2.81. The van der Waals surface area contributed by atoms with E-state index in [9.17, 15) is 0 Å². The number of rotatable bonds is 1. The maximum atomic E-state index is 6.15. The van der Waals surface area contributed by atoms with Crippen molar-refractivity contribution in [2.24, 2.45) is 0 Å². The van der Waals surface area contributed by atoms with Gasteiger partial charge in [-0.2, -0.15) is 0 Å². The summed E-state index contributed by atoms with van der Waals surface area (Å²) < 4.78 is 0.902. The van der Waals surface area contributed by atoms with Gasteiger partial charge in [-0.3, -0.25) is 0 Å². The molecule has 0 spiro atoms. The molecule has 1 N–H and O–H groups in total. The van der Waals surface area contributed by atoms with Crippen molar-refractivity contribution in [3.05, 3.63) is 56.7 Å². The minimum atomic E-state index is 0.491. The second kappa shape index (κ2) is 4.81. The molecule has 2 heterocycles. The monoisotopic (exact) mass is 263 g/mol. The molecule has 3 heteroatoms. The zero-order valence-corrected chi connectivity index (χ0v) is 11.0. The first-order valence-corrected chi connectivity index (χ1v) is 7.08. The van der Waals surface area contributed by atoms with Gasteiger partial charge in [0.05, 0.1) is 4.34 Å². The van der Waals surface area contributed by atoms with Crippen LogP contribution in [0.25, 0.3) is 0 Å². The second-order valence-electron chi connectivity index (χ2n) is 4.36. The van der Waals surface area contributed by atoms with Crippen molar-refractivity contribution in [2.75, 3.05) is 6.54 Å². The Balaban J connectivity index is 2.05. The molecule has 0 saturated heterocycles. The lowest BCUT2D eigenvalue weighted by Gasteiger charge is -2.15. The van der Waals surface area contributed by atoms with Crippen LogP contribution in [0.15, 0.2) is 36.4 Å². The van der Waals surface area contributed by atoms with Gasteiger partial charge in [-0.1, -0.05) is 41.9 Å². The quantitative estimate of drug-likeness (QED) is 0.819. The molecule has 3 rings (SSSR count). The molecule has 0 saturated carbocycles. The van der Waals surface area contributed by atoms with E-state index in [2.05, 4.69) is 41.7 Å². The van der Waals surface area contributed by atoms with Crippen LogP contribution < -0.4 is 5.32 Å². The lowest BCUT2D eigenvalue weighted by Crippen LogP contribution is -2.12. The zero-order chi connectivity index (χ0) is 11.7. The SMILES string of the molecule is Clc1cc2c(s1)CNCC[C@H]2c1ccccc1. The van der Waals surface area contributed by atoms with Gasteiger partial charge in [0.25, 0.3) is 0 Å². The van der Waals surface area contributed by atoms with E-state index in [1.807, 2.05) is 0 Å². The van der Waals surface area contributed by atoms with Gasteiger partial charge in [0.1, 0.15) is 0 Å². The topological polar surface area (TPSA) is 12.0 Å². The number of halogens is 1. The van der Waals surface area contributed by atoms with Crippen molar-refractivity contribution in [2.45, 2.75) is 18.9 Å². The molecule has 2 aromatic rings. The molecule has 0 unspecified atom stereocenters. The number of hydrogen-bond acceptors (Lipinski definition) is 2. The highest BCUT2D eigenvalue weighted by atomic mass is 35.5. The highest BCUT2D eigenvalue weighted by molar-refractivity contribution is 7.16. The molecule has 0 bridgehead atoms. The van der Waals surface area contributed by atoms with E-state index in [0.29, 0.717) is 5.92 Å². The van der Waals surface area contributed by atoms with Crippen LogP contribution in [0.1, 0.15) is 28.3 Å². The molecule has 1 nitrogen and oxygen atoms in total. The third kappa shape index (κ3) is 2.25. The van der Waals surface area contributed by atoms with Crippen molar-refractivity contribution in [3.8, 4) is 0 Å². The summed E-state index contributed by atoms with van der Waals surface area (Å²) in [5.74, 6) is 0.491. The van der Waals surface area contributed by atoms with Crippen LogP contribution in [0, 0.1) is 0 Å². The van der Waals surface area contributed by atoms with E-state index in [4.69, 9.17) is 11.6 Å². The molecule has 1 aliphatic heterocycles. The normalized spacial score (nSPS) is 19.7. The third-order valence-electron chi connectivity index (χ3n) is 3.28. The first kappa shape index (κ1) is 11.3. The largest absolute Gasteiger partial charge is 0.312 e. The van der Waals surface area contributed by atoms with Crippen molar-refractivity contribution in [1.29, 1.82) is 0 Å². The number of nitrogens with one attached hydrogen (secondary N) is 1. The predicted molar refractivity (Wildman–Crippen MR) is 73.9 cm³/mol. The standard InChI is InChI=1S/C14H14ClNS/c15-14-8-12-11(10-4-2-1-3-5-10)6-7-16-9-13(12)17-14/h1-5,8,11,16H,6-7,9H2/t11-/m0/s1. The molecule has 0 radical (unpaired) electrons. The van der Waals surface area contributed by atoms with Crippen LogP contribution in [-0.2, 0) is 6.54 Å². The van der Waals surface area contributed by atoms with E-state index in [-0.39, 0.29) is 0 Å². The van der Waals surface area contributed by atoms with Gasteiger partial charge in [0, 0.05) is 17.3 Å². The minimum absolute atomic E-state index is 0.491. The number of fused-ring (bicyclic) bond motifs is 1. The summed E-state index contributed by atoms with van der Waals surface area (Å²) in [6.07, 6.45) is 1.14. The Hall–Kier alpha value is -0.830. The van der Waals surface area contributed by atoms with Gasteiger partial charge in [0.15, 0.2) is 0 Å². The van der Waals surface area contributed by atoms with Gasteiger partial charge >= 0.3 is 0 Å².